The maximum atomic E-state index is 11.0. The van der Waals surface area contributed by atoms with Crippen molar-refractivity contribution in [3.63, 3.8) is 0 Å². The SMILES string of the molecule is CC(C)C(O)C1(c2onc(-c3ccc(O[Si](C)(C)C(C)(C)C)cc3)c2-c2ccccc2)CC1. The smallest absolute Gasteiger partial charge is 0.250 e. The van der Waals surface area contributed by atoms with E-state index in [1.165, 1.54) is 0 Å². The molecule has 2 aromatic carbocycles. The van der Waals surface area contributed by atoms with E-state index in [-0.39, 0.29) is 16.4 Å². The number of hydrogen-bond donors (Lipinski definition) is 1. The first-order valence-electron chi connectivity index (χ1n) is 12.0. The van der Waals surface area contributed by atoms with E-state index in [1.54, 1.807) is 0 Å². The van der Waals surface area contributed by atoms with E-state index >= 15 is 0 Å². The second kappa shape index (κ2) is 8.44. The molecule has 1 fully saturated rings. The van der Waals surface area contributed by atoms with Crippen LogP contribution in [0.3, 0.4) is 0 Å². The Labute approximate surface area is 199 Å². The van der Waals surface area contributed by atoms with Crippen LogP contribution in [0.5, 0.6) is 5.75 Å². The van der Waals surface area contributed by atoms with Crippen LogP contribution in [-0.2, 0) is 5.41 Å². The van der Waals surface area contributed by atoms with E-state index in [4.69, 9.17) is 8.95 Å². The van der Waals surface area contributed by atoms with Gasteiger partial charge in [-0.25, -0.2) is 0 Å². The molecule has 0 spiro atoms. The van der Waals surface area contributed by atoms with Gasteiger partial charge in [0.1, 0.15) is 11.4 Å². The molecule has 0 amide bonds. The van der Waals surface area contributed by atoms with Crippen molar-refractivity contribution in [1.29, 1.82) is 0 Å². The number of nitrogens with zero attached hydrogens (tertiary/aromatic N) is 1. The van der Waals surface area contributed by atoms with Gasteiger partial charge < -0.3 is 14.1 Å². The van der Waals surface area contributed by atoms with Crippen molar-refractivity contribution >= 4 is 8.32 Å². The maximum absolute atomic E-state index is 11.0. The van der Waals surface area contributed by atoms with Crippen LogP contribution < -0.4 is 4.43 Å². The molecule has 33 heavy (non-hydrogen) atoms. The molecule has 4 rings (SSSR count). The van der Waals surface area contributed by atoms with Gasteiger partial charge in [0.2, 0.25) is 8.32 Å². The monoisotopic (exact) mass is 463 g/mol. The molecule has 1 aromatic heterocycles. The Morgan fingerprint density at radius 1 is 0.970 bits per heavy atom. The maximum Gasteiger partial charge on any atom is 0.250 e. The second-order valence-corrected chi connectivity index (χ2v) is 16.1. The quantitative estimate of drug-likeness (QED) is 0.370. The number of benzene rings is 2. The van der Waals surface area contributed by atoms with E-state index in [0.717, 1.165) is 46.7 Å². The van der Waals surface area contributed by atoms with Gasteiger partial charge in [-0.2, -0.15) is 0 Å². The molecule has 0 aliphatic heterocycles. The fraction of sp³-hybridized carbons (Fsp3) is 0.464. The topological polar surface area (TPSA) is 55.5 Å². The minimum absolute atomic E-state index is 0.142. The summed E-state index contributed by atoms with van der Waals surface area (Å²) in [6.45, 7) is 15.4. The van der Waals surface area contributed by atoms with Gasteiger partial charge >= 0.3 is 0 Å². The molecule has 1 N–H and O–H groups in total. The van der Waals surface area contributed by atoms with Gasteiger partial charge in [-0.3, -0.25) is 0 Å². The van der Waals surface area contributed by atoms with E-state index in [1.807, 2.05) is 30.3 Å². The predicted molar refractivity (Wildman–Crippen MR) is 137 cm³/mol. The molecule has 1 atom stereocenters. The Hall–Kier alpha value is -2.37. The minimum Gasteiger partial charge on any atom is -0.544 e. The summed E-state index contributed by atoms with van der Waals surface area (Å²) in [4.78, 5) is 0. The van der Waals surface area contributed by atoms with Crippen LogP contribution in [0.25, 0.3) is 22.4 Å². The average molecular weight is 464 g/mol. The highest BCUT2D eigenvalue weighted by atomic mass is 28.4. The zero-order valence-corrected chi connectivity index (χ0v) is 22.0. The van der Waals surface area contributed by atoms with Crippen molar-refractivity contribution in [2.75, 3.05) is 0 Å². The largest absolute Gasteiger partial charge is 0.544 e. The number of rotatable bonds is 7. The highest BCUT2D eigenvalue weighted by molar-refractivity contribution is 6.74. The first kappa shape index (κ1) is 23.8. The van der Waals surface area contributed by atoms with Gasteiger partial charge in [-0.1, -0.05) is 70.1 Å². The Morgan fingerprint density at radius 3 is 2.09 bits per heavy atom. The van der Waals surface area contributed by atoms with Crippen LogP contribution in [0.1, 0.15) is 53.2 Å². The normalized spacial score (nSPS) is 16.6. The number of aliphatic hydroxyl groups is 1. The highest BCUT2D eigenvalue weighted by Gasteiger charge is 2.56. The summed E-state index contributed by atoms with van der Waals surface area (Å²) < 4.78 is 12.5. The van der Waals surface area contributed by atoms with Crippen molar-refractivity contribution in [3.05, 3.63) is 60.4 Å². The molecule has 1 saturated carbocycles. The summed E-state index contributed by atoms with van der Waals surface area (Å²) in [7, 11) is -1.90. The summed E-state index contributed by atoms with van der Waals surface area (Å²) in [6, 6.07) is 18.5. The van der Waals surface area contributed by atoms with Crippen LogP contribution in [0.15, 0.2) is 59.1 Å². The zero-order valence-electron chi connectivity index (χ0n) is 21.0. The molecule has 1 heterocycles. The third kappa shape index (κ3) is 4.41. The van der Waals surface area contributed by atoms with Crippen LogP contribution in [0.2, 0.25) is 18.1 Å². The zero-order chi connectivity index (χ0) is 24.0. The lowest BCUT2D eigenvalue weighted by Gasteiger charge is -2.36. The van der Waals surface area contributed by atoms with Crippen molar-refractivity contribution in [2.45, 2.75) is 77.1 Å². The summed E-state index contributed by atoms with van der Waals surface area (Å²) in [5, 5.41) is 15.7. The van der Waals surface area contributed by atoms with E-state index < -0.39 is 14.4 Å². The van der Waals surface area contributed by atoms with Gasteiger partial charge in [-0.15, -0.1) is 0 Å². The van der Waals surface area contributed by atoms with E-state index in [9.17, 15) is 5.11 Å². The van der Waals surface area contributed by atoms with Crippen LogP contribution in [0.4, 0.5) is 0 Å². The fourth-order valence-electron chi connectivity index (χ4n) is 4.26. The standard InChI is InChI=1S/C28H37NO3Si/c1-19(2)25(30)28(17-18-28)26-23(20-11-9-8-10-12-20)24(29-31-26)21-13-15-22(16-14-21)32-33(6,7)27(3,4)5/h8-16,19,25,30H,17-18H2,1-7H3. The average Bonchev–Trinajstić information content (AvgIpc) is 3.44. The number of hydrogen-bond acceptors (Lipinski definition) is 4. The van der Waals surface area contributed by atoms with Crippen molar-refractivity contribution in [2.24, 2.45) is 5.92 Å². The molecule has 0 saturated heterocycles. The molecule has 1 unspecified atom stereocenters. The number of aromatic nitrogens is 1. The molecule has 4 nitrogen and oxygen atoms in total. The highest BCUT2D eigenvalue weighted by Crippen LogP contribution is 2.56. The minimum atomic E-state index is -1.90. The van der Waals surface area contributed by atoms with Gasteiger partial charge in [0.25, 0.3) is 0 Å². The lowest BCUT2D eigenvalue weighted by atomic mass is 9.84. The molecule has 176 valence electrons. The van der Waals surface area contributed by atoms with Gasteiger partial charge in [0.05, 0.1) is 17.1 Å². The Kier molecular flexibility index (Phi) is 6.08. The molecular formula is C28H37NO3Si. The van der Waals surface area contributed by atoms with Crippen LogP contribution in [-0.4, -0.2) is 24.7 Å². The second-order valence-electron chi connectivity index (χ2n) is 11.3. The van der Waals surface area contributed by atoms with Crippen LogP contribution >= 0.6 is 0 Å². The molecular weight excluding hydrogens is 426 g/mol. The Morgan fingerprint density at radius 2 is 1.58 bits per heavy atom. The van der Waals surface area contributed by atoms with Crippen molar-refractivity contribution in [3.8, 4) is 28.1 Å². The summed E-state index contributed by atoms with van der Waals surface area (Å²) in [5.74, 6) is 1.85. The van der Waals surface area contributed by atoms with Crippen molar-refractivity contribution < 1.29 is 14.1 Å². The van der Waals surface area contributed by atoms with Crippen molar-refractivity contribution in [1.82, 2.24) is 5.16 Å². The lowest BCUT2D eigenvalue weighted by molar-refractivity contribution is 0.0739. The van der Waals surface area contributed by atoms with Gasteiger partial charge in [-0.05, 0) is 66.7 Å². The van der Waals surface area contributed by atoms with Gasteiger partial charge in [0.15, 0.2) is 5.76 Å². The Balaban J connectivity index is 1.74. The first-order valence-corrected chi connectivity index (χ1v) is 14.9. The van der Waals surface area contributed by atoms with Crippen LogP contribution in [0, 0.1) is 5.92 Å². The molecule has 5 heteroatoms. The molecule has 0 radical (unpaired) electrons. The third-order valence-corrected chi connectivity index (χ3v) is 11.9. The Bertz CT molecular complexity index is 1090. The third-order valence-electron chi connectivity index (χ3n) is 7.50. The van der Waals surface area contributed by atoms with Gasteiger partial charge in [0, 0.05) is 5.56 Å². The summed E-state index contributed by atoms with van der Waals surface area (Å²) in [6.07, 6.45) is 1.38. The first-order chi connectivity index (χ1) is 15.5. The fourth-order valence-corrected chi connectivity index (χ4v) is 5.29. The lowest BCUT2D eigenvalue weighted by Crippen LogP contribution is -2.43. The molecule has 3 aromatic rings. The molecule has 1 aliphatic carbocycles. The van der Waals surface area contributed by atoms with E-state index in [2.05, 4.69) is 77.1 Å². The number of aliphatic hydroxyl groups excluding tert-OH is 1. The molecule has 0 bridgehead atoms. The predicted octanol–water partition coefficient (Wildman–Crippen LogP) is 7.44. The summed E-state index contributed by atoms with van der Waals surface area (Å²) in [5.41, 5.74) is 3.51. The summed E-state index contributed by atoms with van der Waals surface area (Å²) >= 11 is 0. The van der Waals surface area contributed by atoms with E-state index in [0.29, 0.717) is 0 Å². The molecule has 1 aliphatic rings.